The topological polar surface area (TPSA) is 29.9 Å². The van der Waals surface area contributed by atoms with Crippen molar-refractivity contribution < 1.29 is 0 Å². The highest BCUT2D eigenvalue weighted by atomic mass is 15.0. The Balaban J connectivity index is 2.06. The van der Waals surface area contributed by atoms with Crippen LogP contribution in [0.25, 0.3) is 0 Å². The summed E-state index contributed by atoms with van der Waals surface area (Å²) in [6.07, 6.45) is 5.04. The fourth-order valence-corrected chi connectivity index (χ4v) is 2.25. The molecule has 0 unspecified atom stereocenters. The Labute approximate surface area is 109 Å². The second-order valence-corrected chi connectivity index (χ2v) is 4.89. The molecule has 0 aliphatic rings. The number of benzene rings is 1. The smallest absolute Gasteiger partial charge is 0.0952 e. The van der Waals surface area contributed by atoms with Crippen molar-refractivity contribution in [3.8, 4) is 0 Å². The quantitative estimate of drug-likeness (QED) is 0.873. The lowest BCUT2D eigenvalue weighted by Gasteiger charge is -2.05. The average Bonchev–Trinajstić information content (AvgIpc) is 2.72. The SMILES string of the molecule is CNCCc1cn(Cc2cc(C)cc(C)c2)cn1. The van der Waals surface area contributed by atoms with Crippen molar-refractivity contribution in [1.29, 1.82) is 0 Å². The first-order valence-electron chi connectivity index (χ1n) is 6.40. The average molecular weight is 243 g/mol. The minimum Gasteiger partial charge on any atom is -0.333 e. The van der Waals surface area contributed by atoms with Gasteiger partial charge in [0, 0.05) is 25.7 Å². The summed E-state index contributed by atoms with van der Waals surface area (Å²) in [5.41, 5.74) is 5.12. The van der Waals surface area contributed by atoms with Gasteiger partial charge >= 0.3 is 0 Å². The molecule has 0 bridgehead atoms. The minimum absolute atomic E-state index is 0.898. The first kappa shape index (κ1) is 12.8. The number of nitrogens with zero attached hydrogens (tertiary/aromatic N) is 2. The van der Waals surface area contributed by atoms with Crippen LogP contribution in [0.1, 0.15) is 22.4 Å². The minimum atomic E-state index is 0.898. The zero-order chi connectivity index (χ0) is 13.0. The van der Waals surface area contributed by atoms with Crippen molar-refractivity contribution in [3.63, 3.8) is 0 Å². The lowest BCUT2D eigenvalue weighted by atomic mass is 10.1. The Bertz CT molecular complexity index is 494. The molecule has 18 heavy (non-hydrogen) atoms. The van der Waals surface area contributed by atoms with Gasteiger partial charge in [0.25, 0.3) is 0 Å². The van der Waals surface area contributed by atoms with E-state index in [0.717, 1.165) is 25.2 Å². The fraction of sp³-hybridized carbons (Fsp3) is 0.400. The van der Waals surface area contributed by atoms with Crippen LogP contribution in [0.15, 0.2) is 30.7 Å². The lowest BCUT2D eigenvalue weighted by molar-refractivity contribution is 0.773. The lowest BCUT2D eigenvalue weighted by Crippen LogP contribution is -2.10. The third kappa shape index (κ3) is 3.44. The van der Waals surface area contributed by atoms with Gasteiger partial charge in [0.15, 0.2) is 0 Å². The van der Waals surface area contributed by atoms with Crippen LogP contribution in [-0.2, 0) is 13.0 Å². The summed E-state index contributed by atoms with van der Waals surface area (Å²) in [4.78, 5) is 4.42. The van der Waals surface area contributed by atoms with Gasteiger partial charge in [-0.1, -0.05) is 29.3 Å². The second kappa shape index (κ2) is 5.83. The van der Waals surface area contributed by atoms with Crippen LogP contribution in [0.3, 0.4) is 0 Å². The Hall–Kier alpha value is -1.61. The highest BCUT2D eigenvalue weighted by Crippen LogP contribution is 2.10. The Morgan fingerprint density at radius 1 is 1.17 bits per heavy atom. The zero-order valence-corrected chi connectivity index (χ0v) is 11.4. The van der Waals surface area contributed by atoms with Gasteiger partial charge in [0.05, 0.1) is 12.0 Å². The van der Waals surface area contributed by atoms with Crippen LogP contribution in [0, 0.1) is 13.8 Å². The summed E-state index contributed by atoms with van der Waals surface area (Å²) in [7, 11) is 1.96. The van der Waals surface area contributed by atoms with E-state index in [9.17, 15) is 0 Å². The number of likely N-dealkylation sites (N-methyl/N-ethyl adjacent to an activating group) is 1. The van der Waals surface area contributed by atoms with Crippen molar-refractivity contribution in [1.82, 2.24) is 14.9 Å². The van der Waals surface area contributed by atoms with Gasteiger partial charge in [0.1, 0.15) is 0 Å². The Morgan fingerprint density at radius 2 is 1.89 bits per heavy atom. The van der Waals surface area contributed by atoms with Crippen molar-refractivity contribution in [3.05, 3.63) is 53.1 Å². The van der Waals surface area contributed by atoms with Gasteiger partial charge in [0.2, 0.25) is 0 Å². The maximum absolute atomic E-state index is 4.42. The van der Waals surface area contributed by atoms with E-state index in [0.29, 0.717) is 0 Å². The van der Waals surface area contributed by atoms with Crippen molar-refractivity contribution in [2.75, 3.05) is 13.6 Å². The first-order chi connectivity index (χ1) is 8.67. The molecular formula is C15H21N3. The summed E-state index contributed by atoms with van der Waals surface area (Å²) < 4.78 is 2.15. The molecule has 0 aliphatic carbocycles. The monoisotopic (exact) mass is 243 g/mol. The van der Waals surface area contributed by atoms with Crippen LogP contribution in [0.5, 0.6) is 0 Å². The first-order valence-corrected chi connectivity index (χ1v) is 6.40. The Kier molecular flexibility index (Phi) is 4.15. The molecule has 0 aliphatic heterocycles. The molecule has 1 aromatic heterocycles. The summed E-state index contributed by atoms with van der Waals surface area (Å²) in [5.74, 6) is 0. The van der Waals surface area contributed by atoms with E-state index < -0.39 is 0 Å². The maximum atomic E-state index is 4.42. The summed E-state index contributed by atoms with van der Waals surface area (Å²) in [6.45, 7) is 6.15. The van der Waals surface area contributed by atoms with Gasteiger partial charge in [-0.05, 0) is 26.5 Å². The van der Waals surface area contributed by atoms with E-state index in [4.69, 9.17) is 0 Å². The predicted octanol–water partition coefficient (Wildman–Crippen LogP) is 2.31. The van der Waals surface area contributed by atoms with E-state index in [-0.39, 0.29) is 0 Å². The van der Waals surface area contributed by atoms with Crippen LogP contribution >= 0.6 is 0 Å². The molecule has 0 amide bonds. The number of hydrogen-bond donors (Lipinski definition) is 1. The van der Waals surface area contributed by atoms with Crippen molar-refractivity contribution in [2.24, 2.45) is 0 Å². The molecular weight excluding hydrogens is 222 g/mol. The number of rotatable bonds is 5. The molecule has 0 spiro atoms. The number of imidazole rings is 1. The third-order valence-electron chi connectivity index (χ3n) is 2.96. The third-order valence-corrected chi connectivity index (χ3v) is 2.96. The molecule has 1 N–H and O–H groups in total. The zero-order valence-electron chi connectivity index (χ0n) is 11.4. The summed E-state index contributed by atoms with van der Waals surface area (Å²) >= 11 is 0. The molecule has 3 heteroatoms. The molecule has 0 saturated carbocycles. The molecule has 3 nitrogen and oxygen atoms in total. The van der Waals surface area contributed by atoms with Gasteiger partial charge in [-0.2, -0.15) is 0 Å². The second-order valence-electron chi connectivity index (χ2n) is 4.89. The number of hydrogen-bond acceptors (Lipinski definition) is 2. The number of aromatic nitrogens is 2. The van der Waals surface area contributed by atoms with Crippen molar-refractivity contribution in [2.45, 2.75) is 26.8 Å². The largest absolute Gasteiger partial charge is 0.333 e. The van der Waals surface area contributed by atoms with E-state index in [1.165, 1.54) is 16.7 Å². The fourth-order valence-electron chi connectivity index (χ4n) is 2.25. The molecule has 1 heterocycles. The van der Waals surface area contributed by atoms with Crippen molar-refractivity contribution >= 4 is 0 Å². The molecule has 1 aromatic carbocycles. The van der Waals surface area contributed by atoms with E-state index >= 15 is 0 Å². The molecule has 2 aromatic rings. The molecule has 96 valence electrons. The molecule has 0 fully saturated rings. The molecule has 0 atom stereocenters. The van der Waals surface area contributed by atoms with Gasteiger partial charge in [-0.15, -0.1) is 0 Å². The number of nitrogens with one attached hydrogen (secondary N) is 1. The Morgan fingerprint density at radius 3 is 2.56 bits per heavy atom. The maximum Gasteiger partial charge on any atom is 0.0952 e. The van der Waals surface area contributed by atoms with E-state index in [1.54, 1.807) is 0 Å². The van der Waals surface area contributed by atoms with Crippen LogP contribution in [0.2, 0.25) is 0 Å². The molecule has 2 rings (SSSR count). The van der Waals surface area contributed by atoms with Gasteiger partial charge in [-0.25, -0.2) is 4.98 Å². The standard InChI is InChI=1S/C15H21N3/c1-12-6-13(2)8-14(7-12)9-18-10-15(17-11-18)4-5-16-3/h6-8,10-11,16H,4-5,9H2,1-3H3. The highest BCUT2D eigenvalue weighted by molar-refractivity contribution is 5.28. The number of aryl methyl sites for hydroxylation is 2. The van der Waals surface area contributed by atoms with Crippen LogP contribution in [0.4, 0.5) is 0 Å². The summed E-state index contributed by atoms with van der Waals surface area (Å²) in [6, 6.07) is 6.68. The molecule has 0 radical (unpaired) electrons. The van der Waals surface area contributed by atoms with Crippen LogP contribution < -0.4 is 5.32 Å². The summed E-state index contributed by atoms with van der Waals surface area (Å²) in [5, 5.41) is 3.14. The van der Waals surface area contributed by atoms with E-state index in [1.807, 2.05) is 13.4 Å². The van der Waals surface area contributed by atoms with Crippen LogP contribution in [-0.4, -0.2) is 23.1 Å². The van der Waals surface area contributed by atoms with Gasteiger partial charge in [-0.3, -0.25) is 0 Å². The van der Waals surface area contributed by atoms with Gasteiger partial charge < -0.3 is 9.88 Å². The van der Waals surface area contributed by atoms with E-state index in [2.05, 4.69) is 53.1 Å². The highest BCUT2D eigenvalue weighted by Gasteiger charge is 2.01. The normalized spacial score (nSPS) is 10.8. The predicted molar refractivity (Wildman–Crippen MR) is 74.9 cm³/mol. The molecule has 0 saturated heterocycles.